The summed E-state index contributed by atoms with van der Waals surface area (Å²) >= 11 is 8.81. The number of halogens is 2. The van der Waals surface area contributed by atoms with E-state index < -0.39 is 0 Å². The van der Waals surface area contributed by atoms with Crippen molar-refractivity contribution >= 4 is 51.0 Å². The van der Waals surface area contributed by atoms with Crippen molar-refractivity contribution < 1.29 is 0 Å². The summed E-state index contributed by atoms with van der Waals surface area (Å²) in [6.45, 7) is 0. The molecule has 0 N–H and O–H groups in total. The molecule has 1 heterocycles. The molecule has 1 aromatic rings. The number of unbranched alkanes of at least 4 members (excludes halogenated alkanes) is 3. The van der Waals surface area contributed by atoms with Gasteiger partial charge in [-0.2, -0.15) is 0 Å². The summed E-state index contributed by atoms with van der Waals surface area (Å²) < 4.78 is 2.48. The molecule has 0 fully saturated rings. The highest BCUT2D eigenvalue weighted by atomic mass is 79.9. The minimum Gasteiger partial charge on any atom is -0.121 e. The molecule has 1 rings (SSSR count). The Labute approximate surface area is 108 Å². The Morgan fingerprint density at radius 1 is 1.14 bits per heavy atom. The van der Waals surface area contributed by atoms with Crippen LogP contribution in [0.1, 0.15) is 31.2 Å². The maximum atomic E-state index is 5.44. The average molecular weight is 336 g/mol. The minimum atomic E-state index is 0.827. The molecular formula is C10H13BBr2S. The molecule has 1 aromatic heterocycles. The third-order valence-corrected chi connectivity index (χ3v) is 4.59. The van der Waals surface area contributed by atoms with E-state index in [4.69, 9.17) is 7.85 Å². The summed E-state index contributed by atoms with van der Waals surface area (Å²) in [6, 6.07) is 2.21. The van der Waals surface area contributed by atoms with Crippen LogP contribution in [0, 0.1) is 0 Å². The fourth-order valence-electron chi connectivity index (χ4n) is 1.36. The fraction of sp³-hybridized carbons (Fsp3) is 0.600. The van der Waals surface area contributed by atoms with Gasteiger partial charge in [-0.1, -0.05) is 25.6 Å². The van der Waals surface area contributed by atoms with Crippen LogP contribution >= 0.6 is 43.2 Å². The zero-order valence-electron chi connectivity index (χ0n) is 8.06. The second kappa shape index (κ2) is 7.07. The Morgan fingerprint density at radius 3 is 2.43 bits per heavy atom. The largest absolute Gasteiger partial charge is 0.121 e. The van der Waals surface area contributed by atoms with E-state index in [9.17, 15) is 0 Å². The molecule has 0 atom stereocenters. The maximum absolute atomic E-state index is 5.44. The molecule has 0 saturated carbocycles. The second-order valence-electron chi connectivity index (χ2n) is 3.30. The summed E-state index contributed by atoms with van der Waals surface area (Å²) in [5.74, 6) is 0. The van der Waals surface area contributed by atoms with Crippen molar-refractivity contribution in [3.8, 4) is 0 Å². The van der Waals surface area contributed by atoms with E-state index in [1.165, 1.54) is 38.8 Å². The molecule has 0 amide bonds. The molecule has 0 spiro atoms. The van der Waals surface area contributed by atoms with Gasteiger partial charge in [0, 0.05) is 0 Å². The number of thiophene rings is 1. The lowest BCUT2D eigenvalue weighted by Crippen LogP contribution is -1.84. The highest BCUT2D eigenvalue weighted by molar-refractivity contribution is 9.12. The van der Waals surface area contributed by atoms with Crippen molar-refractivity contribution in [3.05, 3.63) is 19.2 Å². The van der Waals surface area contributed by atoms with Crippen LogP contribution in [0.15, 0.2) is 13.6 Å². The number of rotatable bonds is 6. The van der Waals surface area contributed by atoms with Gasteiger partial charge in [-0.25, -0.2) is 0 Å². The molecule has 0 saturated heterocycles. The van der Waals surface area contributed by atoms with Gasteiger partial charge in [0.2, 0.25) is 0 Å². The highest BCUT2D eigenvalue weighted by Crippen LogP contribution is 2.32. The van der Waals surface area contributed by atoms with E-state index >= 15 is 0 Å². The van der Waals surface area contributed by atoms with Crippen LogP contribution < -0.4 is 0 Å². The molecular weight excluding hydrogens is 323 g/mol. The molecule has 0 aromatic carbocycles. The van der Waals surface area contributed by atoms with Crippen LogP contribution in [0.4, 0.5) is 0 Å². The van der Waals surface area contributed by atoms with Crippen molar-refractivity contribution in [1.29, 1.82) is 0 Å². The first kappa shape index (κ1) is 12.8. The third-order valence-electron chi connectivity index (χ3n) is 2.13. The number of hydrogen-bond donors (Lipinski definition) is 0. The van der Waals surface area contributed by atoms with Crippen molar-refractivity contribution in [2.75, 3.05) is 0 Å². The van der Waals surface area contributed by atoms with E-state index in [0.717, 1.165) is 12.7 Å². The van der Waals surface area contributed by atoms with Crippen LogP contribution in [0.5, 0.6) is 0 Å². The Morgan fingerprint density at radius 2 is 1.86 bits per heavy atom. The van der Waals surface area contributed by atoms with Gasteiger partial charge in [-0.3, -0.25) is 0 Å². The third kappa shape index (κ3) is 4.50. The van der Waals surface area contributed by atoms with Gasteiger partial charge in [0.15, 0.2) is 0 Å². The van der Waals surface area contributed by atoms with Gasteiger partial charge in [0.05, 0.1) is 15.4 Å². The lowest BCUT2D eigenvalue weighted by atomic mass is 9.98. The summed E-state index contributed by atoms with van der Waals surface area (Å²) in [6.07, 6.45) is 6.98. The van der Waals surface area contributed by atoms with E-state index in [2.05, 4.69) is 37.9 Å². The van der Waals surface area contributed by atoms with E-state index in [-0.39, 0.29) is 0 Å². The normalized spacial score (nSPS) is 10.7. The molecule has 0 nitrogen and oxygen atoms in total. The molecule has 0 unspecified atom stereocenters. The molecule has 0 aliphatic heterocycles. The Balaban J connectivity index is 2.21. The zero-order valence-corrected chi connectivity index (χ0v) is 12.1. The predicted molar refractivity (Wildman–Crippen MR) is 72.5 cm³/mol. The van der Waals surface area contributed by atoms with Crippen LogP contribution in [0.3, 0.4) is 0 Å². The first-order valence-electron chi connectivity index (χ1n) is 4.88. The van der Waals surface area contributed by atoms with Crippen LogP contribution in [-0.4, -0.2) is 7.85 Å². The number of hydrogen-bond acceptors (Lipinski definition) is 1. The fourth-order valence-corrected chi connectivity index (χ4v) is 4.27. The van der Waals surface area contributed by atoms with E-state index in [1.54, 1.807) is 11.3 Å². The van der Waals surface area contributed by atoms with E-state index in [0.29, 0.717) is 0 Å². The van der Waals surface area contributed by atoms with Crippen molar-refractivity contribution in [2.24, 2.45) is 0 Å². The standard InChI is InChI=1S/C10H13BBr2S/c11-6-4-2-1-3-5-8-7-9(12)14-10(8)13/h7H,1-6H2. The second-order valence-corrected chi connectivity index (χ2v) is 7.05. The lowest BCUT2D eigenvalue weighted by molar-refractivity contribution is 0.666. The van der Waals surface area contributed by atoms with Crippen molar-refractivity contribution in [3.63, 3.8) is 0 Å². The summed E-state index contributed by atoms with van der Waals surface area (Å²) in [7, 11) is 5.44. The SMILES string of the molecule is [B]CCCCCCc1cc(Br)sc1Br. The molecule has 2 radical (unpaired) electrons. The maximum Gasteiger partial charge on any atom is 0.0742 e. The lowest BCUT2D eigenvalue weighted by Gasteiger charge is -1.99. The monoisotopic (exact) mass is 334 g/mol. The van der Waals surface area contributed by atoms with Crippen molar-refractivity contribution in [2.45, 2.75) is 38.4 Å². The van der Waals surface area contributed by atoms with Crippen LogP contribution in [-0.2, 0) is 6.42 Å². The van der Waals surface area contributed by atoms with Gasteiger partial charge in [-0.15, -0.1) is 11.3 Å². The topological polar surface area (TPSA) is 0 Å². The zero-order chi connectivity index (χ0) is 10.4. The van der Waals surface area contributed by atoms with Gasteiger partial charge in [-0.05, 0) is 56.3 Å². The Hall–Kier alpha value is 0.725. The quantitative estimate of drug-likeness (QED) is 0.509. The molecule has 0 bridgehead atoms. The van der Waals surface area contributed by atoms with Crippen LogP contribution in [0.2, 0.25) is 6.32 Å². The first-order valence-corrected chi connectivity index (χ1v) is 7.28. The molecule has 0 aliphatic rings. The average Bonchev–Trinajstić information content (AvgIpc) is 2.45. The molecule has 0 aliphatic carbocycles. The Kier molecular flexibility index (Phi) is 6.46. The van der Waals surface area contributed by atoms with Gasteiger partial charge in [0.25, 0.3) is 0 Å². The van der Waals surface area contributed by atoms with Gasteiger partial charge >= 0.3 is 0 Å². The summed E-state index contributed by atoms with van der Waals surface area (Å²) in [4.78, 5) is 0. The highest BCUT2D eigenvalue weighted by Gasteiger charge is 2.04. The predicted octanol–water partition coefficient (Wildman–Crippen LogP) is 4.96. The number of aryl methyl sites for hydroxylation is 1. The molecule has 4 heteroatoms. The minimum absolute atomic E-state index is 0.827. The summed E-state index contributed by atoms with van der Waals surface area (Å²) in [5.41, 5.74) is 1.43. The van der Waals surface area contributed by atoms with Crippen molar-refractivity contribution in [1.82, 2.24) is 0 Å². The molecule has 14 heavy (non-hydrogen) atoms. The van der Waals surface area contributed by atoms with Gasteiger partial charge in [0.1, 0.15) is 0 Å². The smallest absolute Gasteiger partial charge is 0.0742 e. The first-order chi connectivity index (χ1) is 6.74. The molecule has 76 valence electrons. The van der Waals surface area contributed by atoms with Gasteiger partial charge < -0.3 is 0 Å². The Bertz CT molecular complexity index is 273. The summed E-state index contributed by atoms with van der Waals surface area (Å²) in [5, 5.41) is 0. The van der Waals surface area contributed by atoms with E-state index in [1.807, 2.05) is 0 Å². The van der Waals surface area contributed by atoms with Crippen LogP contribution in [0.25, 0.3) is 0 Å².